The molecule has 0 aliphatic carbocycles. The highest BCUT2D eigenvalue weighted by atomic mass is 19.3. The van der Waals surface area contributed by atoms with Gasteiger partial charge in [0.2, 0.25) is 0 Å². The molecular formula is C13H15F2NO3. The predicted octanol–water partition coefficient (Wildman–Crippen LogP) is 2.20. The fourth-order valence-electron chi connectivity index (χ4n) is 1.96. The van der Waals surface area contributed by atoms with Crippen molar-refractivity contribution in [2.45, 2.75) is 25.6 Å². The SMILES string of the molecule is O=C(NCC1CCCO1)c1ccccc1OC(F)F. The first-order valence-corrected chi connectivity index (χ1v) is 6.10. The molecule has 4 nitrogen and oxygen atoms in total. The van der Waals surface area contributed by atoms with Crippen molar-refractivity contribution >= 4 is 5.91 Å². The molecule has 1 aromatic rings. The number of hydrogen-bond donors (Lipinski definition) is 1. The molecule has 1 atom stereocenters. The van der Waals surface area contributed by atoms with E-state index in [1.807, 2.05) is 0 Å². The summed E-state index contributed by atoms with van der Waals surface area (Å²) in [5.74, 6) is -0.561. The molecule has 0 saturated carbocycles. The summed E-state index contributed by atoms with van der Waals surface area (Å²) in [4.78, 5) is 11.9. The molecule has 0 bridgehead atoms. The van der Waals surface area contributed by atoms with Gasteiger partial charge in [0.05, 0.1) is 11.7 Å². The maximum atomic E-state index is 12.2. The van der Waals surface area contributed by atoms with E-state index in [0.29, 0.717) is 13.2 Å². The first kappa shape index (κ1) is 13.7. The van der Waals surface area contributed by atoms with Gasteiger partial charge in [0.15, 0.2) is 0 Å². The minimum atomic E-state index is -2.95. The van der Waals surface area contributed by atoms with Gasteiger partial charge in [0.25, 0.3) is 5.91 Å². The van der Waals surface area contributed by atoms with Gasteiger partial charge in [-0.25, -0.2) is 0 Å². The highest BCUT2D eigenvalue weighted by molar-refractivity contribution is 5.96. The summed E-state index contributed by atoms with van der Waals surface area (Å²) in [6, 6.07) is 5.92. The van der Waals surface area contributed by atoms with E-state index in [9.17, 15) is 13.6 Å². The molecule has 1 N–H and O–H groups in total. The Morgan fingerprint density at radius 3 is 2.95 bits per heavy atom. The second-order valence-corrected chi connectivity index (χ2v) is 4.22. The molecule has 104 valence electrons. The van der Waals surface area contributed by atoms with Gasteiger partial charge in [-0.15, -0.1) is 0 Å². The van der Waals surface area contributed by atoms with Crippen molar-refractivity contribution in [3.8, 4) is 5.75 Å². The highest BCUT2D eigenvalue weighted by Crippen LogP contribution is 2.20. The number of benzene rings is 1. The van der Waals surface area contributed by atoms with Crippen molar-refractivity contribution in [3.05, 3.63) is 29.8 Å². The van der Waals surface area contributed by atoms with Crippen molar-refractivity contribution in [1.29, 1.82) is 0 Å². The van der Waals surface area contributed by atoms with Gasteiger partial charge in [-0.3, -0.25) is 4.79 Å². The van der Waals surface area contributed by atoms with Crippen molar-refractivity contribution in [1.82, 2.24) is 5.32 Å². The monoisotopic (exact) mass is 271 g/mol. The highest BCUT2D eigenvalue weighted by Gasteiger charge is 2.19. The molecule has 0 aromatic heterocycles. The molecule has 1 amide bonds. The Kier molecular flexibility index (Phi) is 4.68. The van der Waals surface area contributed by atoms with Crippen LogP contribution in [0.4, 0.5) is 8.78 Å². The van der Waals surface area contributed by atoms with Gasteiger partial charge in [-0.05, 0) is 25.0 Å². The Hall–Kier alpha value is -1.69. The summed E-state index contributed by atoms with van der Waals surface area (Å²) in [7, 11) is 0. The zero-order chi connectivity index (χ0) is 13.7. The Bertz CT molecular complexity index is 434. The molecule has 1 fully saturated rings. The average Bonchev–Trinajstić information content (AvgIpc) is 2.89. The minimum Gasteiger partial charge on any atom is -0.434 e. The van der Waals surface area contributed by atoms with E-state index in [0.717, 1.165) is 12.8 Å². The van der Waals surface area contributed by atoms with Gasteiger partial charge in [0.1, 0.15) is 5.75 Å². The van der Waals surface area contributed by atoms with Gasteiger partial charge < -0.3 is 14.8 Å². The summed E-state index contributed by atoms with van der Waals surface area (Å²) >= 11 is 0. The maximum Gasteiger partial charge on any atom is 0.387 e. The normalized spacial score (nSPS) is 18.6. The van der Waals surface area contributed by atoms with Gasteiger partial charge in [-0.2, -0.15) is 8.78 Å². The van der Waals surface area contributed by atoms with Crippen LogP contribution in [0.2, 0.25) is 0 Å². The maximum absolute atomic E-state index is 12.2. The lowest BCUT2D eigenvalue weighted by molar-refractivity contribution is -0.0501. The van der Waals surface area contributed by atoms with Crippen LogP contribution in [0.25, 0.3) is 0 Å². The van der Waals surface area contributed by atoms with Crippen LogP contribution in [0.3, 0.4) is 0 Å². The van der Waals surface area contributed by atoms with Crippen molar-refractivity contribution in [3.63, 3.8) is 0 Å². The third kappa shape index (κ3) is 3.89. The van der Waals surface area contributed by atoms with Gasteiger partial charge in [0, 0.05) is 13.2 Å². The van der Waals surface area contributed by atoms with Crippen LogP contribution in [-0.4, -0.2) is 31.8 Å². The minimum absolute atomic E-state index is 0.00660. The molecule has 6 heteroatoms. The topological polar surface area (TPSA) is 47.6 Å². The molecule has 1 aromatic carbocycles. The van der Waals surface area contributed by atoms with Crippen LogP contribution in [0, 0.1) is 0 Å². The largest absolute Gasteiger partial charge is 0.434 e. The van der Waals surface area contributed by atoms with Crippen molar-refractivity contribution < 1.29 is 23.0 Å². The second kappa shape index (κ2) is 6.47. The number of carbonyl (C=O) groups is 1. The standard InChI is InChI=1S/C13H15F2NO3/c14-13(15)19-11-6-2-1-5-10(11)12(17)16-8-9-4-3-7-18-9/h1-2,5-6,9,13H,3-4,7-8H2,(H,16,17). The van der Waals surface area contributed by atoms with E-state index in [1.54, 1.807) is 6.07 Å². The molecule has 19 heavy (non-hydrogen) atoms. The van der Waals surface area contributed by atoms with Gasteiger partial charge >= 0.3 is 6.61 Å². The van der Waals surface area contributed by atoms with Crippen LogP contribution < -0.4 is 10.1 Å². The fraction of sp³-hybridized carbons (Fsp3) is 0.462. The number of rotatable bonds is 5. The molecule has 1 aliphatic rings. The lowest BCUT2D eigenvalue weighted by Crippen LogP contribution is -2.32. The zero-order valence-electron chi connectivity index (χ0n) is 10.3. The Labute approximate surface area is 109 Å². The molecule has 1 heterocycles. The summed E-state index contributed by atoms with van der Waals surface area (Å²) in [6.07, 6.45) is 1.88. The van der Waals surface area contributed by atoms with Crippen LogP contribution in [0.5, 0.6) is 5.75 Å². The number of hydrogen-bond acceptors (Lipinski definition) is 3. The first-order valence-electron chi connectivity index (χ1n) is 6.10. The number of para-hydroxylation sites is 1. The van der Waals surface area contributed by atoms with Crippen molar-refractivity contribution in [2.75, 3.05) is 13.2 Å². The molecule has 1 unspecified atom stereocenters. The number of ether oxygens (including phenoxy) is 2. The second-order valence-electron chi connectivity index (χ2n) is 4.22. The van der Waals surface area contributed by atoms with Gasteiger partial charge in [-0.1, -0.05) is 12.1 Å². The average molecular weight is 271 g/mol. The number of nitrogens with one attached hydrogen (secondary N) is 1. The van der Waals surface area contributed by atoms with E-state index < -0.39 is 12.5 Å². The van der Waals surface area contributed by atoms with Crippen LogP contribution in [0.1, 0.15) is 23.2 Å². The molecule has 0 spiro atoms. The fourth-order valence-corrected chi connectivity index (χ4v) is 1.96. The predicted molar refractivity (Wildman–Crippen MR) is 64.4 cm³/mol. The van der Waals surface area contributed by atoms with E-state index in [2.05, 4.69) is 10.1 Å². The molecule has 1 saturated heterocycles. The van der Waals surface area contributed by atoms with Crippen LogP contribution in [-0.2, 0) is 4.74 Å². The smallest absolute Gasteiger partial charge is 0.387 e. The number of carbonyl (C=O) groups excluding carboxylic acids is 1. The molecule has 1 aliphatic heterocycles. The lowest BCUT2D eigenvalue weighted by atomic mass is 10.2. The summed E-state index contributed by atoms with van der Waals surface area (Å²) in [5.41, 5.74) is 0.0980. The Morgan fingerprint density at radius 2 is 2.26 bits per heavy atom. The summed E-state index contributed by atoms with van der Waals surface area (Å²) in [6.45, 7) is -1.87. The zero-order valence-corrected chi connectivity index (χ0v) is 10.3. The Balaban J connectivity index is 1.97. The van der Waals surface area contributed by atoms with Crippen LogP contribution >= 0.6 is 0 Å². The van der Waals surface area contributed by atoms with E-state index in [1.165, 1.54) is 18.2 Å². The lowest BCUT2D eigenvalue weighted by Gasteiger charge is -2.13. The first-order chi connectivity index (χ1) is 9.16. The van der Waals surface area contributed by atoms with Crippen LogP contribution in [0.15, 0.2) is 24.3 Å². The molecule has 0 radical (unpaired) electrons. The van der Waals surface area contributed by atoms with Crippen molar-refractivity contribution in [2.24, 2.45) is 0 Å². The quantitative estimate of drug-likeness (QED) is 0.893. The number of halogens is 2. The van der Waals surface area contributed by atoms with E-state index >= 15 is 0 Å². The Morgan fingerprint density at radius 1 is 1.47 bits per heavy atom. The molecular weight excluding hydrogens is 256 g/mol. The number of alkyl halides is 2. The summed E-state index contributed by atoms with van der Waals surface area (Å²) < 4.78 is 34.1. The van der Waals surface area contributed by atoms with E-state index in [4.69, 9.17) is 4.74 Å². The van der Waals surface area contributed by atoms with E-state index in [-0.39, 0.29) is 17.4 Å². The third-order valence-corrected chi connectivity index (χ3v) is 2.86. The number of amides is 1. The summed E-state index contributed by atoms with van der Waals surface area (Å²) in [5, 5.41) is 2.67. The molecule has 2 rings (SSSR count). The third-order valence-electron chi connectivity index (χ3n) is 2.86.